The van der Waals surface area contributed by atoms with Crippen LogP contribution in [0.25, 0.3) is 0 Å². The van der Waals surface area contributed by atoms with Crippen molar-refractivity contribution in [3.63, 3.8) is 0 Å². The zero-order valence-corrected chi connectivity index (χ0v) is 3.49. The Morgan fingerprint density at radius 1 is 2.00 bits per heavy atom. The molecule has 30 valence electrons. The van der Waals surface area contributed by atoms with Gasteiger partial charge < -0.3 is 5.32 Å². The molecule has 1 atom stereocenters. The zero-order chi connectivity index (χ0) is 3.70. The quantitative estimate of drug-likeness (QED) is 0.443. The molecule has 0 spiro atoms. The van der Waals surface area contributed by atoms with Gasteiger partial charge in [0.05, 0.1) is 0 Å². The number of nitrogens with one attached hydrogen (secondary N) is 1. The van der Waals surface area contributed by atoms with Crippen LogP contribution in [-0.4, -0.2) is 12.6 Å². The monoisotopic (exact) mass is 71.1 g/mol. The normalized spacial score (nSPS) is 34.2. The van der Waals surface area contributed by atoms with Crippen LogP contribution in [-0.2, 0) is 0 Å². The van der Waals surface area contributed by atoms with E-state index in [0.717, 1.165) is 6.04 Å². The van der Waals surface area contributed by atoms with Gasteiger partial charge in [-0.1, -0.05) is 6.92 Å². The third kappa shape index (κ3) is 0.618. The summed E-state index contributed by atoms with van der Waals surface area (Å²) in [6.45, 7) is 3.46. The molecule has 1 nitrogen and oxygen atoms in total. The van der Waals surface area contributed by atoms with Crippen molar-refractivity contribution >= 4 is 0 Å². The highest BCUT2D eigenvalue weighted by molar-refractivity contribution is 4.80. The lowest BCUT2D eigenvalue weighted by molar-refractivity contribution is 0.894. The van der Waals surface area contributed by atoms with Gasteiger partial charge in [-0.3, -0.25) is 0 Å². The van der Waals surface area contributed by atoms with Gasteiger partial charge in [-0.15, -0.1) is 0 Å². The van der Waals surface area contributed by atoms with Crippen LogP contribution in [0.4, 0.5) is 0 Å². The summed E-state index contributed by atoms with van der Waals surface area (Å²) in [7, 11) is 0. The molecule has 0 bridgehead atoms. The third-order valence-corrected chi connectivity index (χ3v) is 0.986. The van der Waals surface area contributed by atoms with Crippen LogP contribution in [0.15, 0.2) is 0 Å². The van der Waals surface area contributed by atoms with Crippen molar-refractivity contribution in [2.45, 2.75) is 19.4 Å². The fourth-order valence-electron chi connectivity index (χ4n) is 0.372. The summed E-state index contributed by atoms with van der Waals surface area (Å²) in [6, 6.07) is 0.884. The van der Waals surface area contributed by atoms with Crippen LogP contribution in [0.1, 0.15) is 13.3 Å². The van der Waals surface area contributed by atoms with Gasteiger partial charge in [0.15, 0.2) is 0 Å². The summed E-state index contributed by atoms with van der Waals surface area (Å²) in [4.78, 5) is 0. The molecular weight excluding hydrogens is 62.1 g/mol. The molecule has 0 radical (unpaired) electrons. The number of hydrogen-bond donors (Lipinski definition) is 1. The Bertz CT molecular complexity index is 30.6. The molecule has 1 aliphatic heterocycles. The van der Waals surface area contributed by atoms with Gasteiger partial charge in [-0.25, -0.2) is 0 Å². The van der Waals surface area contributed by atoms with Gasteiger partial charge in [0, 0.05) is 12.6 Å². The molecule has 0 aromatic heterocycles. The first kappa shape index (κ1) is 3.16. The van der Waals surface area contributed by atoms with Crippen molar-refractivity contribution in [3.05, 3.63) is 0 Å². The average molecular weight is 71.1 g/mol. The number of rotatable bonds is 1. The molecule has 1 N–H and O–H groups in total. The van der Waals surface area contributed by atoms with E-state index in [2.05, 4.69) is 12.2 Å². The van der Waals surface area contributed by atoms with Crippen molar-refractivity contribution in [2.75, 3.05) is 6.54 Å². The highest BCUT2D eigenvalue weighted by atomic mass is 15.1. The van der Waals surface area contributed by atoms with Crippen LogP contribution in [0.3, 0.4) is 0 Å². The standard InChI is InChI=1S/C4H9N/c1-2-4-3-5-4/h4-5H,2-3H2,1H3/t4-/m1/s1. The lowest BCUT2D eigenvalue weighted by Crippen LogP contribution is -1.81. The first-order valence-corrected chi connectivity index (χ1v) is 2.17. The van der Waals surface area contributed by atoms with E-state index in [9.17, 15) is 0 Å². The summed E-state index contributed by atoms with van der Waals surface area (Å²) in [5.74, 6) is 0. The maximum absolute atomic E-state index is 3.18. The SMILES string of the molecule is CC[C@@H]1CN1. The second-order valence-electron chi connectivity index (χ2n) is 1.51. The maximum Gasteiger partial charge on any atom is 0.0190 e. The highest BCUT2D eigenvalue weighted by Gasteiger charge is 2.15. The van der Waals surface area contributed by atoms with E-state index in [0.29, 0.717) is 0 Å². The first-order valence-electron chi connectivity index (χ1n) is 2.17. The van der Waals surface area contributed by atoms with Gasteiger partial charge >= 0.3 is 0 Å². The molecule has 1 heterocycles. The molecular formula is C4H9N. The Kier molecular flexibility index (Phi) is 0.618. The predicted octanol–water partition coefficient (Wildman–Crippen LogP) is 0.368. The molecule has 1 fully saturated rings. The smallest absolute Gasteiger partial charge is 0.0190 e. The topological polar surface area (TPSA) is 21.9 Å². The van der Waals surface area contributed by atoms with E-state index in [1.807, 2.05) is 0 Å². The van der Waals surface area contributed by atoms with Crippen LogP contribution in [0.5, 0.6) is 0 Å². The Hall–Kier alpha value is -0.0400. The first-order chi connectivity index (χ1) is 2.43. The molecule has 1 heteroatoms. The minimum atomic E-state index is 0.884. The van der Waals surface area contributed by atoms with Crippen LogP contribution < -0.4 is 5.32 Å². The molecule has 0 amide bonds. The zero-order valence-electron chi connectivity index (χ0n) is 3.49. The highest BCUT2D eigenvalue weighted by Crippen LogP contribution is 1.98. The molecule has 1 aliphatic rings. The fraction of sp³-hybridized carbons (Fsp3) is 1.00. The Morgan fingerprint density at radius 2 is 2.60 bits per heavy atom. The second-order valence-corrected chi connectivity index (χ2v) is 1.51. The van der Waals surface area contributed by atoms with Crippen molar-refractivity contribution in [1.29, 1.82) is 0 Å². The summed E-state index contributed by atoms with van der Waals surface area (Å²) in [5, 5.41) is 3.18. The van der Waals surface area contributed by atoms with Gasteiger partial charge in [-0.2, -0.15) is 0 Å². The molecule has 5 heavy (non-hydrogen) atoms. The summed E-state index contributed by atoms with van der Waals surface area (Å²) in [6.07, 6.45) is 1.31. The molecule has 0 aromatic rings. The van der Waals surface area contributed by atoms with E-state index < -0.39 is 0 Å². The number of hydrogen-bond acceptors (Lipinski definition) is 1. The van der Waals surface area contributed by atoms with Gasteiger partial charge in [-0.05, 0) is 6.42 Å². The largest absolute Gasteiger partial charge is 0.311 e. The van der Waals surface area contributed by atoms with E-state index in [4.69, 9.17) is 0 Å². The Morgan fingerprint density at radius 3 is 2.60 bits per heavy atom. The van der Waals surface area contributed by atoms with E-state index in [1.54, 1.807) is 0 Å². The Labute approximate surface area is 32.4 Å². The Balaban J connectivity index is 2.00. The van der Waals surface area contributed by atoms with Crippen LogP contribution in [0.2, 0.25) is 0 Å². The third-order valence-electron chi connectivity index (χ3n) is 0.986. The fourth-order valence-corrected chi connectivity index (χ4v) is 0.372. The predicted molar refractivity (Wildman–Crippen MR) is 22.1 cm³/mol. The van der Waals surface area contributed by atoms with Gasteiger partial charge in [0.25, 0.3) is 0 Å². The van der Waals surface area contributed by atoms with Gasteiger partial charge in [0.2, 0.25) is 0 Å². The molecule has 1 saturated heterocycles. The van der Waals surface area contributed by atoms with E-state index >= 15 is 0 Å². The molecule has 0 aromatic carbocycles. The van der Waals surface area contributed by atoms with Crippen molar-refractivity contribution in [2.24, 2.45) is 0 Å². The molecule has 0 unspecified atom stereocenters. The average Bonchev–Trinajstić information content (AvgIpc) is 2.12. The summed E-state index contributed by atoms with van der Waals surface area (Å²) >= 11 is 0. The maximum atomic E-state index is 3.18. The van der Waals surface area contributed by atoms with Crippen molar-refractivity contribution in [1.82, 2.24) is 5.32 Å². The van der Waals surface area contributed by atoms with E-state index in [1.165, 1.54) is 13.0 Å². The molecule has 0 aliphatic carbocycles. The van der Waals surface area contributed by atoms with Crippen LogP contribution >= 0.6 is 0 Å². The van der Waals surface area contributed by atoms with Crippen molar-refractivity contribution in [3.8, 4) is 0 Å². The lowest BCUT2D eigenvalue weighted by Gasteiger charge is -1.71. The second kappa shape index (κ2) is 0.977. The van der Waals surface area contributed by atoms with Crippen molar-refractivity contribution < 1.29 is 0 Å². The van der Waals surface area contributed by atoms with E-state index in [-0.39, 0.29) is 0 Å². The minimum absolute atomic E-state index is 0.884. The molecule has 0 saturated carbocycles. The molecule has 1 rings (SSSR count). The minimum Gasteiger partial charge on any atom is -0.311 e. The lowest BCUT2D eigenvalue weighted by atomic mass is 10.4. The van der Waals surface area contributed by atoms with Gasteiger partial charge in [0.1, 0.15) is 0 Å². The summed E-state index contributed by atoms with van der Waals surface area (Å²) < 4.78 is 0. The van der Waals surface area contributed by atoms with Crippen LogP contribution in [0, 0.1) is 0 Å². The summed E-state index contributed by atoms with van der Waals surface area (Å²) in [5.41, 5.74) is 0.